The van der Waals surface area contributed by atoms with Gasteiger partial charge in [0, 0.05) is 54.8 Å². The Hall–Kier alpha value is -2.45. The molecule has 2 saturated carbocycles. The first-order chi connectivity index (χ1) is 16.4. The molecule has 0 bridgehead atoms. The van der Waals surface area contributed by atoms with Gasteiger partial charge in [-0.25, -0.2) is 14.2 Å². The van der Waals surface area contributed by atoms with Gasteiger partial charge >= 0.3 is 6.09 Å². The molecule has 4 aliphatic rings. The Kier molecular flexibility index (Phi) is 5.22. The summed E-state index contributed by atoms with van der Waals surface area (Å²) in [6.07, 6.45) is 6.36. The first kappa shape index (κ1) is 22.0. The van der Waals surface area contributed by atoms with Gasteiger partial charge in [-0.2, -0.15) is 0 Å². The van der Waals surface area contributed by atoms with Crippen LogP contribution in [0.3, 0.4) is 0 Å². The normalized spacial score (nSPS) is 30.6. The number of amides is 1. The molecule has 1 amide bonds. The maximum absolute atomic E-state index is 13.6. The van der Waals surface area contributed by atoms with E-state index < -0.39 is 0 Å². The number of imidazole rings is 1. The molecule has 1 saturated heterocycles. The molecule has 34 heavy (non-hydrogen) atoms. The first-order valence-corrected chi connectivity index (χ1v) is 12.6. The summed E-state index contributed by atoms with van der Waals surface area (Å²) in [7, 11) is 1.43. The summed E-state index contributed by atoms with van der Waals surface area (Å²) in [6.45, 7) is 4.28. The summed E-state index contributed by atoms with van der Waals surface area (Å²) < 4.78 is 21.0. The van der Waals surface area contributed by atoms with Crippen molar-refractivity contribution >= 4 is 6.09 Å². The first-order valence-electron chi connectivity index (χ1n) is 12.6. The number of likely N-dealkylation sites (tertiary alicyclic amines) is 1. The lowest BCUT2D eigenvalue weighted by Gasteiger charge is -2.68. The third kappa shape index (κ3) is 3.22. The number of aryl methyl sites for hydroxylation is 1. The van der Waals surface area contributed by atoms with E-state index in [-0.39, 0.29) is 18.0 Å². The zero-order chi connectivity index (χ0) is 23.6. The number of piperidine rings is 1. The second kappa shape index (κ2) is 8.05. The number of ether oxygens (including phenoxy) is 1. The summed E-state index contributed by atoms with van der Waals surface area (Å²) in [5, 5.41) is 0. The predicted octanol–water partition coefficient (Wildman–Crippen LogP) is 3.71. The van der Waals surface area contributed by atoms with Crippen molar-refractivity contribution in [2.45, 2.75) is 76.2 Å². The molecule has 8 heteroatoms. The molecule has 1 aromatic heterocycles. The van der Waals surface area contributed by atoms with Crippen molar-refractivity contribution in [3.8, 4) is 0 Å². The van der Waals surface area contributed by atoms with Gasteiger partial charge in [0.25, 0.3) is 0 Å². The van der Waals surface area contributed by atoms with Crippen LogP contribution in [0.15, 0.2) is 24.3 Å². The van der Waals surface area contributed by atoms with Crippen LogP contribution in [-0.2, 0) is 17.7 Å². The molecular formula is C26H34FN5O2. The monoisotopic (exact) mass is 467 g/mol. The van der Waals surface area contributed by atoms with Gasteiger partial charge in [-0.1, -0.05) is 12.1 Å². The molecule has 1 aromatic carbocycles. The van der Waals surface area contributed by atoms with Crippen LogP contribution in [0.4, 0.5) is 9.18 Å². The number of carbonyl (C=O) groups excluding carboxylic acids is 1. The highest BCUT2D eigenvalue weighted by Crippen LogP contribution is 2.67. The fourth-order valence-corrected chi connectivity index (χ4v) is 7.53. The van der Waals surface area contributed by atoms with Crippen LogP contribution in [-0.4, -0.2) is 57.7 Å². The molecule has 182 valence electrons. The van der Waals surface area contributed by atoms with E-state index in [1.807, 2.05) is 6.07 Å². The summed E-state index contributed by atoms with van der Waals surface area (Å²) in [5.41, 5.74) is 10.1. The van der Waals surface area contributed by atoms with E-state index in [1.165, 1.54) is 38.1 Å². The number of hydrogen-bond donors (Lipinski definition) is 1. The summed E-state index contributed by atoms with van der Waals surface area (Å²) in [5.74, 6) is 0.845. The third-order valence-corrected chi connectivity index (χ3v) is 9.12. The number of nitrogens with zero attached hydrogens (tertiary/aromatic N) is 4. The summed E-state index contributed by atoms with van der Waals surface area (Å²) >= 11 is 0. The number of benzene rings is 1. The molecule has 4 unspecified atom stereocenters. The van der Waals surface area contributed by atoms with Crippen LogP contribution in [0.2, 0.25) is 0 Å². The quantitative estimate of drug-likeness (QED) is 0.726. The fraction of sp³-hybridized carbons (Fsp3) is 0.615. The van der Waals surface area contributed by atoms with Gasteiger partial charge in [-0.15, -0.1) is 0 Å². The predicted molar refractivity (Wildman–Crippen MR) is 126 cm³/mol. The average molecular weight is 468 g/mol. The highest BCUT2D eigenvalue weighted by molar-refractivity contribution is 5.67. The van der Waals surface area contributed by atoms with E-state index in [2.05, 4.69) is 16.4 Å². The number of nitrogens with two attached hydrogens (primary N) is 1. The molecule has 6 rings (SSSR count). The Morgan fingerprint density at radius 2 is 2.24 bits per heavy atom. The molecule has 2 aliphatic heterocycles. The van der Waals surface area contributed by atoms with Crippen molar-refractivity contribution in [2.24, 2.45) is 11.1 Å². The van der Waals surface area contributed by atoms with Gasteiger partial charge < -0.3 is 19.9 Å². The van der Waals surface area contributed by atoms with Crippen LogP contribution in [0.1, 0.15) is 67.0 Å². The summed E-state index contributed by atoms with van der Waals surface area (Å²) in [4.78, 5) is 21.3. The number of halogens is 1. The van der Waals surface area contributed by atoms with Crippen LogP contribution in [0, 0.1) is 18.2 Å². The van der Waals surface area contributed by atoms with Gasteiger partial charge in [-0.05, 0) is 56.7 Å². The number of carbonyl (C=O) groups is 1. The lowest BCUT2D eigenvalue weighted by Crippen LogP contribution is -2.74. The van der Waals surface area contributed by atoms with Gasteiger partial charge in [0.05, 0.1) is 19.3 Å². The Morgan fingerprint density at radius 3 is 2.97 bits per heavy atom. The number of aromatic nitrogens is 2. The SMILES string of the molecule is COC(=O)N1CCc2c(nc(C)n2C2CC3N(CC[C@H](N)c4cccc(F)c4)C4CCC43C2)C1. The van der Waals surface area contributed by atoms with Crippen molar-refractivity contribution in [2.75, 3.05) is 20.2 Å². The fourth-order valence-electron chi connectivity index (χ4n) is 7.53. The number of rotatable bonds is 5. The molecular weight excluding hydrogens is 433 g/mol. The average Bonchev–Trinajstić information content (AvgIpc) is 3.36. The molecule has 2 aromatic rings. The van der Waals surface area contributed by atoms with E-state index in [0.717, 1.165) is 42.9 Å². The second-order valence-electron chi connectivity index (χ2n) is 10.6. The molecule has 3 heterocycles. The lowest BCUT2D eigenvalue weighted by molar-refractivity contribution is -0.188. The molecule has 0 radical (unpaired) electrons. The summed E-state index contributed by atoms with van der Waals surface area (Å²) in [6, 6.07) is 8.29. The maximum Gasteiger partial charge on any atom is 0.409 e. The Labute approximate surface area is 200 Å². The molecule has 1 spiro atoms. The van der Waals surface area contributed by atoms with Crippen molar-refractivity contribution in [1.82, 2.24) is 19.4 Å². The standard InChI is InChI=1S/C26H34FN5O2/c1-16-29-21-15-30(25(33)34-2)10-8-22(21)32(16)19-13-24-26(14-19)9-6-23(26)31(24)11-7-20(28)17-4-3-5-18(27)12-17/h3-5,12,19-20,23-24H,6-11,13-15,28H2,1-2H3/t19?,20-,23?,24?,26?/m0/s1. The maximum atomic E-state index is 13.6. The van der Waals surface area contributed by atoms with Gasteiger partial charge in [0.1, 0.15) is 11.6 Å². The molecule has 7 nitrogen and oxygen atoms in total. The molecule has 2 N–H and O–H groups in total. The van der Waals surface area contributed by atoms with Gasteiger partial charge in [0.15, 0.2) is 0 Å². The van der Waals surface area contributed by atoms with Crippen LogP contribution in [0.25, 0.3) is 0 Å². The minimum absolute atomic E-state index is 0.136. The van der Waals surface area contributed by atoms with Crippen LogP contribution < -0.4 is 5.73 Å². The number of fused-ring (bicyclic) bond motifs is 1. The third-order valence-electron chi connectivity index (χ3n) is 9.12. The van der Waals surface area contributed by atoms with Crippen molar-refractivity contribution < 1.29 is 13.9 Å². The highest BCUT2D eigenvalue weighted by Gasteiger charge is 2.69. The van der Waals surface area contributed by atoms with Crippen molar-refractivity contribution in [3.63, 3.8) is 0 Å². The van der Waals surface area contributed by atoms with Gasteiger partial charge in [-0.3, -0.25) is 4.90 Å². The van der Waals surface area contributed by atoms with Crippen LogP contribution in [0.5, 0.6) is 0 Å². The minimum atomic E-state index is -0.278. The number of methoxy groups -OCH3 is 1. The Morgan fingerprint density at radius 1 is 1.38 bits per heavy atom. The molecule has 3 fully saturated rings. The van der Waals surface area contributed by atoms with E-state index in [0.29, 0.717) is 36.6 Å². The van der Waals surface area contributed by atoms with Crippen molar-refractivity contribution in [1.29, 1.82) is 0 Å². The minimum Gasteiger partial charge on any atom is -0.453 e. The van der Waals surface area contributed by atoms with E-state index >= 15 is 0 Å². The second-order valence-corrected chi connectivity index (χ2v) is 10.6. The zero-order valence-corrected chi connectivity index (χ0v) is 20.0. The van der Waals surface area contributed by atoms with E-state index in [4.69, 9.17) is 15.5 Å². The topological polar surface area (TPSA) is 76.6 Å². The Balaban J connectivity index is 1.15. The number of hydrogen-bond acceptors (Lipinski definition) is 5. The highest BCUT2D eigenvalue weighted by atomic mass is 19.1. The van der Waals surface area contributed by atoms with Gasteiger partial charge in [0.2, 0.25) is 0 Å². The van der Waals surface area contributed by atoms with E-state index in [9.17, 15) is 9.18 Å². The smallest absolute Gasteiger partial charge is 0.409 e. The molecule has 5 atom stereocenters. The largest absolute Gasteiger partial charge is 0.453 e. The lowest BCUT2D eigenvalue weighted by atomic mass is 9.53. The Bertz CT molecular complexity index is 1120. The van der Waals surface area contributed by atoms with E-state index in [1.54, 1.807) is 17.0 Å². The molecule has 2 aliphatic carbocycles. The van der Waals surface area contributed by atoms with Crippen LogP contribution >= 0.6 is 0 Å². The zero-order valence-electron chi connectivity index (χ0n) is 20.0. The van der Waals surface area contributed by atoms with Crippen molar-refractivity contribution in [3.05, 3.63) is 52.9 Å².